The molecule has 42 heavy (non-hydrogen) atoms. The molecule has 0 aliphatic rings. The highest BCUT2D eigenvalue weighted by Crippen LogP contribution is 2.43. The van der Waals surface area contributed by atoms with Gasteiger partial charge in [0.05, 0.1) is 5.39 Å². The van der Waals surface area contributed by atoms with Gasteiger partial charge in [0, 0.05) is 48.2 Å². The summed E-state index contributed by atoms with van der Waals surface area (Å²) in [6, 6.07) is 46.2. The number of fused-ring (bicyclic) bond motifs is 8. The normalized spacial score (nSPS) is 11.8. The predicted octanol–water partition coefficient (Wildman–Crippen LogP) is 11.2. The molecule has 0 bridgehead atoms. The van der Waals surface area contributed by atoms with E-state index in [0.717, 1.165) is 55.7 Å². The number of furan rings is 1. The summed E-state index contributed by atoms with van der Waals surface area (Å²) in [6.45, 7) is 0. The average molecular weight is 559 g/mol. The van der Waals surface area contributed by atoms with E-state index in [1.165, 1.54) is 20.2 Å². The zero-order chi connectivity index (χ0) is 27.6. The van der Waals surface area contributed by atoms with Crippen LogP contribution in [0.4, 0.5) is 17.1 Å². The molecule has 5 heteroatoms. The Morgan fingerprint density at radius 3 is 2.02 bits per heavy atom. The number of nitrogens with zero attached hydrogens (tertiary/aromatic N) is 2. The number of hydrogen-bond donors (Lipinski definition) is 0. The van der Waals surface area contributed by atoms with Crippen LogP contribution in [0.25, 0.3) is 64.7 Å². The number of para-hydroxylation sites is 1. The van der Waals surface area contributed by atoms with Gasteiger partial charge in [0.25, 0.3) is 0 Å². The molecule has 4 nitrogen and oxygen atoms in total. The van der Waals surface area contributed by atoms with Gasteiger partial charge in [0.2, 0.25) is 5.89 Å². The maximum absolute atomic E-state index is 6.32. The lowest BCUT2D eigenvalue weighted by molar-refractivity contribution is 0.619. The van der Waals surface area contributed by atoms with Crippen LogP contribution in [0.15, 0.2) is 142 Å². The van der Waals surface area contributed by atoms with Crippen LogP contribution >= 0.6 is 11.3 Å². The fraction of sp³-hybridized carbons (Fsp3) is 0. The molecule has 0 unspecified atom stereocenters. The smallest absolute Gasteiger partial charge is 0.227 e. The van der Waals surface area contributed by atoms with Gasteiger partial charge in [-0.15, -0.1) is 11.3 Å². The Labute approximate surface area is 244 Å². The van der Waals surface area contributed by atoms with Crippen molar-refractivity contribution in [3.05, 3.63) is 133 Å². The summed E-state index contributed by atoms with van der Waals surface area (Å²) in [7, 11) is 0. The fourth-order valence-electron chi connectivity index (χ4n) is 5.96. The number of thiophene rings is 1. The van der Waals surface area contributed by atoms with Gasteiger partial charge in [-0.1, -0.05) is 54.6 Å². The molecule has 0 N–H and O–H groups in total. The predicted molar refractivity (Wildman–Crippen MR) is 174 cm³/mol. The number of aromatic nitrogens is 1. The lowest BCUT2D eigenvalue weighted by Crippen LogP contribution is -2.09. The van der Waals surface area contributed by atoms with Gasteiger partial charge in [-0.25, -0.2) is 4.98 Å². The second kappa shape index (κ2) is 9.06. The first-order valence-corrected chi connectivity index (χ1v) is 14.7. The van der Waals surface area contributed by atoms with Crippen molar-refractivity contribution in [1.29, 1.82) is 0 Å². The minimum absolute atomic E-state index is 0.603. The summed E-state index contributed by atoms with van der Waals surface area (Å²) in [4.78, 5) is 7.25. The quantitative estimate of drug-likeness (QED) is 0.215. The van der Waals surface area contributed by atoms with Gasteiger partial charge in [0.1, 0.15) is 16.7 Å². The summed E-state index contributed by atoms with van der Waals surface area (Å²) in [5.74, 6) is 0.603. The number of rotatable bonds is 4. The van der Waals surface area contributed by atoms with Gasteiger partial charge in [-0.2, -0.15) is 0 Å². The van der Waals surface area contributed by atoms with Crippen molar-refractivity contribution in [2.24, 2.45) is 0 Å². The number of hydrogen-bond acceptors (Lipinski definition) is 5. The molecule has 0 saturated carbocycles. The Morgan fingerprint density at radius 2 is 1.17 bits per heavy atom. The minimum atomic E-state index is 0.603. The molecule has 0 radical (unpaired) electrons. The van der Waals surface area contributed by atoms with Crippen molar-refractivity contribution >= 4 is 81.6 Å². The molecular weight excluding hydrogens is 536 g/mol. The molecule has 0 saturated heterocycles. The highest BCUT2D eigenvalue weighted by Gasteiger charge is 2.20. The van der Waals surface area contributed by atoms with Crippen LogP contribution in [0.2, 0.25) is 0 Å². The lowest BCUT2D eigenvalue weighted by Gasteiger charge is -2.25. The molecule has 0 spiro atoms. The largest absolute Gasteiger partial charge is 0.456 e. The van der Waals surface area contributed by atoms with Crippen LogP contribution in [0, 0.1) is 0 Å². The number of anilines is 3. The molecule has 0 aliphatic carbocycles. The van der Waals surface area contributed by atoms with Crippen molar-refractivity contribution in [1.82, 2.24) is 4.98 Å². The minimum Gasteiger partial charge on any atom is -0.456 e. The SMILES string of the molecule is c1ccc(-c2nc3c(ccc4oc5ccc(N(c6ccccc6)c6ccc7sc8ccccc8c7c6)cc5c43)o2)cc1. The molecule has 0 aliphatic heterocycles. The molecule has 6 aromatic carbocycles. The third-order valence-electron chi connectivity index (χ3n) is 7.89. The van der Waals surface area contributed by atoms with E-state index in [2.05, 4.69) is 95.9 Å². The first-order chi connectivity index (χ1) is 20.8. The van der Waals surface area contributed by atoms with Crippen molar-refractivity contribution < 1.29 is 8.83 Å². The van der Waals surface area contributed by atoms with E-state index in [-0.39, 0.29) is 0 Å². The van der Waals surface area contributed by atoms with Crippen LogP contribution in [-0.2, 0) is 0 Å². The summed E-state index contributed by atoms with van der Waals surface area (Å²) in [5.41, 5.74) is 7.33. The van der Waals surface area contributed by atoms with Gasteiger partial charge in [-0.05, 0) is 78.9 Å². The lowest BCUT2D eigenvalue weighted by atomic mass is 10.1. The highest BCUT2D eigenvalue weighted by molar-refractivity contribution is 7.25. The maximum atomic E-state index is 6.32. The third kappa shape index (κ3) is 3.57. The Morgan fingerprint density at radius 1 is 0.500 bits per heavy atom. The maximum Gasteiger partial charge on any atom is 0.227 e. The second-order valence-corrected chi connectivity index (χ2v) is 11.5. The first kappa shape index (κ1) is 23.3. The van der Waals surface area contributed by atoms with Crippen LogP contribution in [0.3, 0.4) is 0 Å². The van der Waals surface area contributed by atoms with E-state index in [9.17, 15) is 0 Å². The van der Waals surface area contributed by atoms with Gasteiger partial charge >= 0.3 is 0 Å². The zero-order valence-corrected chi connectivity index (χ0v) is 23.1. The Bertz CT molecular complexity index is 2420. The molecule has 9 aromatic rings. The Kier molecular flexibility index (Phi) is 5.03. The summed E-state index contributed by atoms with van der Waals surface area (Å²) in [6.07, 6.45) is 0. The van der Waals surface area contributed by atoms with Gasteiger partial charge in [0.15, 0.2) is 5.58 Å². The summed E-state index contributed by atoms with van der Waals surface area (Å²) in [5, 5.41) is 4.51. The molecule has 3 aromatic heterocycles. The van der Waals surface area contributed by atoms with E-state index in [1.807, 2.05) is 53.8 Å². The van der Waals surface area contributed by atoms with E-state index in [0.29, 0.717) is 5.89 Å². The van der Waals surface area contributed by atoms with Crippen LogP contribution in [0.5, 0.6) is 0 Å². The Balaban J connectivity index is 1.27. The monoisotopic (exact) mass is 558 g/mol. The van der Waals surface area contributed by atoms with Crippen molar-refractivity contribution in [2.75, 3.05) is 4.90 Å². The van der Waals surface area contributed by atoms with E-state index in [1.54, 1.807) is 0 Å². The van der Waals surface area contributed by atoms with E-state index < -0.39 is 0 Å². The highest BCUT2D eigenvalue weighted by atomic mass is 32.1. The van der Waals surface area contributed by atoms with Crippen LogP contribution in [0.1, 0.15) is 0 Å². The van der Waals surface area contributed by atoms with Gasteiger partial charge in [-0.3, -0.25) is 0 Å². The second-order valence-electron chi connectivity index (χ2n) is 10.4. The Hall–Kier alpha value is -5.39. The van der Waals surface area contributed by atoms with Crippen molar-refractivity contribution in [3.8, 4) is 11.5 Å². The van der Waals surface area contributed by atoms with Crippen LogP contribution in [-0.4, -0.2) is 4.98 Å². The fourth-order valence-corrected chi connectivity index (χ4v) is 7.05. The van der Waals surface area contributed by atoms with Gasteiger partial charge < -0.3 is 13.7 Å². The molecule has 0 amide bonds. The molecule has 0 atom stereocenters. The average Bonchev–Trinajstić information content (AvgIpc) is 3.75. The number of benzene rings is 6. The topological polar surface area (TPSA) is 42.4 Å². The first-order valence-electron chi connectivity index (χ1n) is 13.9. The summed E-state index contributed by atoms with van der Waals surface area (Å²) >= 11 is 1.83. The number of oxazole rings is 1. The molecular formula is C37H22N2O2S. The van der Waals surface area contributed by atoms with Crippen molar-refractivity contribution in [2.45, 2.75) is 0 Å². The molecule has 9 rings (SSSR count). The van der Waals surface area contributed by atoms with E-state index >= 15 is 0 Å². The van der Waals surface area contributed by atoms with Crippen molar-refractivity contribution in [3.63, 3.8) is 0 Å². The van der Waals surface area contributed by atoms with E-state index in [4.69, 9.17) is 13.8 Å². The molecule has 198 valence electrons. The molecule has 3 heterocycles. The van der Waals surface area contributed by atoms with Crippen LogP contribution < -0.4 is 4.90 Å². The third-order valence-corrected chi connectivity index (χ3v) is 9.04. The zero-order valence-electron chi connectivity index (χ0n) is 22.3. The molecule has 0 fully saturated rings. The summed E-state index contributed by atoms with van der Waals surface area (Å²) < 4.78 is 15.1. The standard InChI is InChI=1S/C37H22N2O2S/c1-3-9-23(10-4-1)37-38-36-32(41-37)19-18-31-35(36)29-22-25(15-17-30(29)40-31)39(24-11-5-2-6-12-24)26-16-20-34-28(21-26)27-13-7-8-14-33(27)42-34/h1-22H.